The maximum absolute atomic E-state index is 11.7. The van der Waals surface area contributed by atoms with Crippen LogP contribution < -0.4 is 0 Å². The summed E-state index contributed by atoms with van der Waals surface area (Å²) in [7, 11) is 0. The largest absolute Gasteiger partial charge is 0.375 e. The summed E-state index contributed by atoms with van der Waals surface area (Å²) in [5.74, 6) is -0.0840. The topological polar surface area (TPSA) is 26.3 Å². The number of halogens is 3. The number of carbonyl (C=O) groups is 1. The number of ketones is 1. The molecule has 90 valence electrons. The molecule has 1 heterocycles. The summed E-state index contributed by atoms with van der Waals surface area (Å²) in [6.07, 6.45) is -2.35. The fraction of sp³-hybridized carbons (Fsp3) is 0.500. The molecule has 0 aromatic carbocycles. The van der Waals surface area contributed by atoms with Gasteiger partial charge in [0.2, 0.25) is 0 Å². The smallest absolute Gasteiger partial charge is 0.261 e. The van der Waals surface area contributed by atoms with Crippen LogP contribution >= 0.6 is 27.3 Å². The van der Waals surface area contributed by atoms with Gasteiger partial charge in [-0.2, -0.15) is 0 Å². The van der Waals surface area contributed by atoms with Gasteiger partial charge >= 0.3 is 0 Å². The first kappa shape index (κ1) is 13.7. The lowest BCUT2D eigenvalue weighted by Crippen LogP contribution is -2.09. The summed E-state index contributed by atoms with van der Waals surface area (Å²) in [5, 5.41) is 0. The third-order valence-electron chi connectivity index (χ3n) is 1.78. The van der Waals surface area contributed by atoms with Gasteiger partial charge in [-0.25, -0.2) is 8.78 Å². The first-order valence-corrected chi connectivity index (χ1v) is 6.26. The second-order valence-electron chi connectivity index (χ2n) is 3.17. The van der Waals surface area contributed by atoms with Crippen molar-refractivity contribution in [2.45, 2.75) is 19.8 Å². The van der Waals surface area contributed by atoms with Crippen molar-refractivity contribution in [1.82, 2.24) is 0 Å². The van der Waals surface area contributed by atoms with Gasteiger partial charge in [0.1, 0.15) is 6.61 Å². The van der Waals surface area contributed by atoms with E-state index in [1.165, 1.54) is 11.3 Å². The summed E-state index contributed by atoms with van der Waals surface area (Å²) in [6.45, 7) is 1.32. The Balaban J connectivity index is 2.38. The van der Waals surface area contributed by atoms with Crippen molar-refractivity contribution in [3.63, 3.8) is 0 Å². The van der Waals surface area contributed by atoms with Crippen molar-refractivity contribution in [3.8, 4) is 0 Å². The highest BCUT2D eigenvalue weighted by Gasteiger charge is 2.13. The molecular formula is C10H11BrF2O2S. The predicted octanol–water partition coefficient (Wildman–Crippen LogP) is 3.67. The molecule has 0 spiro atoms. The third kappa shape index (κ3) is 4.27. The number of aryl methyl sites for hydroxylation is 1. The first-order chi connectivity index (χ1) is 7.50. The number of Topliss-reactive ketones (excluding diaryl/α,β-unsaturated/α-hetero) is 1. The second-order valence-corrected chi connectivity index (χ2v) is 5.28. The average Bonchev–Trinajstić information content (AvgIpc) is 2.52. The Bertz CT molecular complexity index is 366. The minimum atomic E-state index is -2.48. The first-order valence-electron chi connectivity index (χ1n) is 4.65. The molecule has 1 rings (SSSR count). The van der Waals surface area contributed by atoms with Gasteiger partial charge < -0.3 is 4.74 Å². The molecule has 0 N–H and O–H groups in total. The summed E-state index contributed by atoms with van der Waals surface area (Å²) in [6, 6.07) is 1.86. The van der Waals surface area contributed by atoms with Gasteiger partial charge in [-0.1, -0.05) is 0 Å². The molecule has 0 aliphatic rings. The highest BCUT2D eigenvalue weighted by molar-refractivity contribution is 9.10. The number of carbonyl (C=O) groups excluding carboxylic acids is 1. The number of alkyl halides is 2. The van der Waals surface area contributed by atoms with Gasteiger partial charge in [-0.3, -0.25) is 4.79 Å². The predicted molar refractivity (Wildman–Crippen MR) is 62.5 cm³/mol. The highest BCUT2D eigenvalue weighted by atomic mass is 79.9. The third-order valence-corrected chi connectivity index (χ3v) is 3.76. The Kier molecular flexibility index (Phi) is 5.51. The number of hydrogen-bond donors (Lipinski definition) is 0. The van der Waals surface area contributed by atoms with Gasteiger partial charge in [0, 0.05) is 15.8 Å². The molecule has 16 heavy (non-hydrogen) atoms. The number of hydrogen-bond acceptors (Lipinski definition) is 3. The van der Waals surface area contributed by atoms with Crippen molar-refractivity contribution in [2.75, 3.05) is 13.2 Å². The molecule has 0 saturated heterocycles. The van der Waals surface area contributed by atoms with Crippen molar-refractivity contribution >= 4 is 33.0 Å². The zero-order valence-electron chi connectivity index (χ0n) is 8.63. The van der Waals surface area contributed by atoms with Crippen molar-refractivity contribution in [1.29, 1.82) is 0 Å². The van der Waals surface area contributed by atoms with Crippen LogP contribution in [0, 0.1) is 6.92 Å². The second kappa shape index (κ2) is 6.42. The lowest BCUT2D eigenvalue weighted by molar-refractivity contribution is 0.0170. The molecule has 0 aliphatic carbocycles. The molecule has 2 nitrogen and oxygen atoms in total. The summed E-state index contributed by atoms with van der Waals surface area (Å²) in [5.41, 5.74) is 0. The average molecular weight is 313 g/mol. The van der Waals surface area contributed by atoms with Crippen molar-refractivity contribution < 1.29 is 18.3 Å². The van der Waals surface area contributed by atoms with Crippen molar-refractivity contribution in [3.05, 3.63) is 20.3 Å². The van der Waals surface area contributed by atoms with E-state index in [1.54, 1.807) is 0 Å². The molecule has 0 radical (unpaired) electrons. The number of ether oxygens (including phenoxy) is 1. The van der Waals surface area contributed by atoms with E-state index >= 15 is 0 Å². The lowest BCUT2D eigenvalue weighted by atomic mass is 10.2. The Hall–Kier alpha value is -0.330. The molecule has 0 aliphatic heterocycles. The molecule has 0 fully saturated rings. The zero-order chi connectivity index (χ0) is 12.1. The number of rotatable bonds is 6. The fourth-order valence-electron chi connectivity index (χ4n) is 1.12. The maximum Gasteiger partial charge on any atom is 0.261 e. The fourth-order valence-corrected chi connectivity index (χ4v) is 2.95. The van der Waals surface area contributed by atoms with E-state index in [1.807, 2.05) is 13.0 Å². The van der Waals surface area contributed by atoms with Crippen LogP contribution in [0.25, 0.3) is 0 Å². The molecule has 0 bridgehead atoms. The van der Waals surface area contributed by atoms with Gasteiger partial charge in [-0.05, 0) is 28.9 Å². The summed E-state index contributed by atoms with van der Waals surface area (Å²) < 4.78 is 28.9. The van der Waals surface area contributed by atoms with Crippen LogP contribution in [-0.4, -0.2) is 25.4 Å². The van der Waals surface area contributed by atoms with Gasteiger partial charge in [0.05, 0.1) is 11.5 Å². The van der Waals surface area contributed by atoms with Gasteiger partial charge in [-0.15, -0.1) is 11.3 Å². The molecule has 1 aromatic heterocycles. The molecule has 0 saturated carbocycles. The Morgan fingerprint density at radius 3 is 2.81 bits per heavy atom. The Morgan fingerprint density at radius 1 is 1.62 bits per heavy atom. The lowest BCUT2D eigenvalue weighted by Gasteiger charge is -2.02. The molecular weight excluding hydrogens is 302 g/mol. The van der Waals surface area contributed by atoms with Crippen LogP contribution in [0.4, 0.5) is 8.78 Å². The Morgan fingerprint density at radius 2 is 2.31 bits per heavy atom. The normalized spacial score (nSPS) is 11.1. The summed E-state index contributed by atoms with van der Waals surface area (Å²) >= 11 is 4.67. The SMILES string of the molecule is Cc1cc(Br)c(C(=O)CCOCC(F)F)s1. The molecule has 0 unspecified atom stereocenters. The Labute approximate surface area is 105 Å². The van der Waals surface area contributed by atoms with E-state index in [0.717, 1.165) is 9.35 Å². The van der Waals surface area contributed by atoms with Crippen LogP contribution in [0.15, 0.2) is 10.5 Å². The van der Waals surface area contributed by atoms with Gasteiger partial charge in [0.15, 0.2) is 5.78 Å². The molecule has 1 aromatic rings. The standard InChI is InChI=1S/C10H11BrF2O2S/c1-6-4-7(11)10(16-6)8(14)2-3-15-5-9(12)13/h4,9H,2-3,5H2,1H3. The van der Waals surface area contributed by atoms with E-state index in [9.17, 15) is 13.6 Å². The van der Waals surface area contributed by atoms with Crippen molar-refractivity contribution in [2.24, 2.45) is 0 Å². The zero-order valence-corrected chi connectivity index (χ0v) is 11.0. The molecule has 6 heteroatoms. The van der Waals surface area contributed by atoms with E-state index < -0.39 is 13.0 Å². The molecule has 0 atom stereocenters. The monoisotopic (exact) mass is 312 g/mol. The summed E-state index contributed by atoms with van der Waals surface area (Å²) in [4.78, 5) is 13.3. The minimum absolute atomic E-state index is 0.0343. The van der Waals surface area contributed by atoms with Crippen LogP contribution in [0.2, 0.25) is 0 Å². The van der Waals surface area contributed by atoms with Crippen LogP contribution in [0.3, 0.4) is 0 Å². The van der Waals surface area contributed by atoms with Gasteiger partial charge in [0.25, 0.3) is 6.43 Å². The maximum atomic E-state index is 11.7. The quantitative estimate of drug-likeness (QED) is 0.592. The van der Waals surface area contributed by atoms with Crippen LogP contribution in [0.1, 0.15) is 21.0 Å². The van der Waals surface area contributed by atoms with E-state index in [-0.39, 0.29) is 18.8 Å². The van der Waals surface area contributed by atoms with Crippen LogP contribution in [0.5, 0.6) is 0 Å². The molecule has 0 amide bonds. The highest BCUT2D eigenvalue weighted by Crippen LogP contribution is 2.27. The van der Waals surface area contributed by atoms with E-state index in [4.69, 9.17) is 0 Å². The minimum Gasteiger partial charge on any atom is -0.375 e. The van der Waals surface area contributed by atoms with Crippen LogP contribution in [-0.2, 0) is 4.74 Å². The van der Waals surface area contributed by atoms with E-state index in [2.05, 4.69) is 20.7 Å². The number of thiophene rings is 1. The van der Waals surface area contributed by atoms with E-state index in [0.29, 0.717) is 4.88 Å².